The number of aromatic nitrogens is 1. The minimum atomic E-state index is -4.00. The normalized spacial score (nSPS) is 28.2. The largest absolute Gasteiger partial charge is 0.465 e. The van der Waals surface area contributed by atoms with Crippen molar-refractivity contribution in [2.75, 3.05) is 57.9 Å². The third-order valence-electron chi connectivity index (χ3n) is 13.0. The zero-order valence-electron chi connectivity index (χ0n) is 35.3. The zero-order chi connectivity index (χ0) is 42.5. The number of nitrogens with one attached hydrogen (secondary N) is 2. The predicted molar refractivity (Wildman–Crippen MR) is 231 cm³/mol. The van der Waals surface area contributed by atoms with Gasteiger partial charge in [-0.25, -0.2) is 18.2 Å². The number of amides is 1. The van der Waals surface area contributed by atoms with Gasteiger partial charge in [-0.2, -0.15) is 4.31 Å². The number of rotatable bonds is 15. The number of carboxylic acid groups (broad SMARTS) is 1. The maximum Gasteiger partial charge on any atom is 0.404 e. The van der Waals surface area contributed by atoms with E-state index >= 15 is 0 Å². The van der Waals surface area contributed by atoms with Crippen LogP contribution < -0.4 is 10.6 Å². The number of aliphatic hydroxyl groups is 1. The molecule has 2 aromatic carbocycles. The van der Waals surface area contributed by atoms with Crippen molar-refractivity contribution in [1.29, 1.82) is 0 Å². The number of benzene rings is 2. The third kappa shape index (κ3) is 11.0. The fourth-order valence-electron chi connectivity index (χ4n) is 9.81. The Labute approximate surface area is 363 Å². The molecule has 5 saturated heterocycles. The average molecular weight is 886 g/mol. The Kier molecular flexibility index (Phi) is 14.8. The number of carbonyl (C=O) groups is 1. The van der Waals surface area contributed by atoms with Crippen molar-refractivity contribution in [3.05, 3.63) is 54.1 Å². The van der Waals surface area contributed by atoms with Crippen LogP contribution in [0, 0.1) is 17.8 Å². The first-order valence-electron chi connectivity index (χ1n) is 22.2. The van der Waals surface area contributed by atoms with E-state index in [-0.39, 0.29) is 55.1 Å². The highest BCUT2D eigenvalue weighted by Crippen LogP contribution is 2.39. The van der Waals surface area contributed by atoms with Gasteiger partial charge in [0.1, 0.15) is 0 Å². The highest BCUT2D eigenvalue weighted by Gasteiger charge is 2.48. The first-order valence-corrected chi connectivity index (χ1v) is 24.5. The number of anilines is 1. The van der Waals surface area contributed by atoms with Crippen LogP contribution >= 0.6 is 11.3 Å². The minimum absolute atomic E-state index is 0.0139. The lowest BCUT2D eigenvalue weighted by Crippen LogP contribution is -2.50. The van der Waals surface area contributed by atoms with Gasteiger partial charge in [-0.1, -0.05) is 68.4 Å². The van der Waals surface area contributed by atoms with Gasteiger partial charge in [-0.15, -0.1) is 0 Å². The van der Waals surface area contributed by atoms with Crippen LogP contribution in [-0.2, 0) is 40.1 Å². The second-order valence-electron chi connectivity index (χ2n) is 17.8. The van der Waals surface area contributed by atoms with E-state index in [2.05, 4.69) is 15.5 Å². The van der Waals surface area contributed by atoms with Gasteiger partial charge in [0.25, 0.3) is 0 Å². The van der Waals surface area contributed by atoms with E-state index in [0.717, 1.165) is 78.9 Å². The van der Waals surface area contributed by atoms with E-state index < -0.39 is 28.3 Å². The van der Waals surface area contributed by atoms with Crippen LogP contribution in [0.4, 0.5) is 9.93 Å². The Morgan fingerprint density at radius 2 is 1.57 bits per heavy atom. The maximum atomic E-state index is 14.0. The maximum absolute atomic E-state index is 14.0. The van der Waals surface area contributed by atoms with E-state index in [1.807, 2.05) is 44.2 Å². The standard InChI is InChI=1S/C32H45N5O5S2.C12H18O5/c1-22(2)20-37(21-29(38)28(35-32(39)40)18-23-8-4-3-5-9-23)44(41,42)26-12-13-27-30(19-26)43-31(34-27)33-24-14-16-36(17-15-24)25-10-6-7-11-25;1-3-13-11-7(1)9(5-15-11)17-10-6-16-12-8(10)2-4-14-12/h3-5,8-9,12-13,19,22,24-25,28-29,35,38H,6-7,10-11,14-18,20-21H2,1-2H3,(H,33,34)(H,39,40);7-12H,1-6H2. The van der Waals surface area contributed by atoms with Gasteiger partial charge in [0.05, 0.1) is 65.9 Å². The number of likely N-dealkylation sites (tertiary alicyclic amines) is 1. The van der Waals surface area contributed by atoms with Crippen LogP contribution in [0.15, 0.2) is 53.4 Å². The van der Waals surface area contributed by atoms with Crippen molar-refractivity contribution >= 4 is 42.8 Å². The number of piperidine rings is 1. The fourth-order valence-corrected chi connectivity index (χ4v) is 12.5. The average Bonchev–Trinajstić information content (AvgIpc) is 4.10. The molecular weight excluding hydrogens is 823 g/mol. The topological polar surface area (TPSA) is 181 Å². The van der Waals surface area contributed by atoms with E-state index in [4.69, 9.17) is 28.7 Å². The summed E-state index contributed by atoms with van der Waals surface area (Å²) in [5.74, 6) is 0.813. The molecule has 6 heterocycles. The molecule has 0 bridgehead atoms. The molecule has 61 heavy (non-hydrogen) atoms. The molecule has 3 aromatic rings. The van der Waals surface area contributed by atoms with Crippen LogP contribution in [0.1, 0.15) is 70.8 Å². The second kappa shape index (κ2) is 20.2. The van der Waals surface area contributed by atoms with Crippen LogP contribution in [0.3, 0.4) is 0 Å². The lowest BCUT2D eigenvalue weighted by atomic mass is 10.0. The highest BCUT2D eigenvalue weighted by molar-refractivity contribution is 7.89. The van der Waals surface area contributed by atoms with Gasteiger partial charge < -0.3 is 49.4 Å². The van der Waals surface area contributed by atoms with Gasteiger partial charge >= 0.3 is 6.09 Å². The molecule has 8 unspecified atom stereocenters. The molecule has 9 rings (SSSR count). The van der Waals surface area contributed by atoms with Gasteiger partial charge in [-0.05, 0) is 74.6 Å². The van der Waals surface area contributed by atoms with E-state index in [0.29, 0.717) is 31.1 Å². The quantitative estimate of drug-likeness (QED) is 0.150. The number of fused-ring (bicyclic) bond motifs is 3. The molecule has 8 atom stereocenters. The Hall–Kier alpha value is -2.97. The van der Waals surface area contributed by atoms with Gasteiger partial charge in [-0.3, -0.25) is 0 Å². The summed E-state index contributed by atoms with van der Waals surface area (Å²) in [4.78, 5) is 19.1. The van der Waals surface area contributed by atoms with Gasteiger partial charge in [0, 0.05) is 50.1 Å². The lowest BCUT2D eigenvalue weighted by molar-refractivity contribution is -0.0922. The number of aliphatic hydroxyl groups excluding tert-OH is 1. The smallest absolute Gasteiger partial charge is 0.404 e. The summed E-state index contributed by atoms with van der Waals surface area (Å²) in [5.41, 5.74) is 1.58. The van der Waals surface area contributed by atoms with Crippen molar-refractivity contribution < 1.29 is 47.1 Å². The van der Waals surface area contributed by atoms with Gasteiger partial charge in [0.2, 0.25) is 10.0 Å². The van der Waals surface area contributed by atoms with Gasteiger partial charge in [0.15, 0.2) is 17.7 Å². The molecule has 1 amide bonds. The molecule has 6 fully saturated rings. The second-order valence-corrected chi connectivity index (χ2v) is 20.8. The first kappa shape index (κ1) is 44.6. The summed E-state index contributed by atoms with van der Waals surface area (Å²) in [5, 5.41) is 27.4. The summed E-state index contributed by atoms with van der Waals surface area (Å²) >= 11 is 1.46. The van der Waals surface area contributed by atoms with Crippen LogP contribution in [0.25, 0.3) is 10.2 Å². The lowest BCUT2D eigenvalue weighted by Gasteiger charge is -2.36. The van der Waals surface area contributed by atoms with E-state index in [9.17, 15) is 23.4 Å². The third-order valence-corrected chi connectivity index (χ3v) is 15.8. The molecule has 5 aliphatic heterocycles. The van der Waals surface area contributed by atoms with E-state index in [1.54, 1.807) is 18.2 Å². The molecule has 17 heteroatoms. The molecule has 0 spiro atoms. The Balaban J connectivity index is 0.000000248. The number of nitrogens with zero attached hydrogens (tertiary/aromatic N) is 3. The number of ether oxygens (including phenoxy) is 5. The number of hydrogen-bond donors (Lipinski definition) is 4. The molecule has 1 aromatic heterocycles. The van der Waals surface area contributed by atoms with Crippen LogP contribution in [0.5, 0.6) is 0 Å². The molecule has 0 radical (unpaired) electrons. The Morgan fingerprint density at radius 1 is 0.918 bits per heavy atom. The van der Waals surface area contributed by atoms with Crippen molar-refractivity contribution in [2.45, 2.75) is 126 Å². The molecule has 1 aliphatic carbocycles. The number of sulfonamides is 1. The summed E-state index contributed by atoms with van der Waals surface area (Å²) in [6.45, 7) is 8.86. The Morgan fingerprint density at radius 3 is 2.20 bits per heavy atom. The predicted octanol–water partition coefficient (Wildman–Crippen LogP) is 5.53. The molecule has 1 saturated carbocycles. The van der Waals surface area contributed by atoms with Crippen molar-refractivity contribution in [3.8, 4) is 0 Å². The molecular formula is C44H63N5O10S2. The van der Waals surface area contributed by atoms with Crippen molar-refractivity contribution in [2.24, 2.45) is 17.8 Å². The monoisotopic (exact) mass is 885 g/mol. The summed E-state index contributed by atoms with van der Waals surface area (Å²) in [6, 6.07) is 14.4. The molecule has 15 nitrogen and oxygen atoms in total. The summed E-state index contributed by atoms with van der Waals surface area (Å²) in [7, 11) is -4.00. The summed E-state index contributed by atoms with van der Waals surface area (Å²) in [6.07, 6.45) is 7.56. The number of hydrogen-bond acceptors (Lipinski definition) is 13. The zero-order valence-corrected chi connectivity index (χ0v) is 36.9. The highest BCUT2D eigenvalue weighted by atomic mass is 32.2. The van der Waals surface area contributed by atoms with E-state index in [1.165, 1.54) is 41.3 Å². The van der Waals surface area contributed by atoms with Crippen LogP contribution in [0.2, 0.25) is 0 Å². The summed E-state index contributed by atoms with van der Waals surface area (Å²) < 4.78 is 58.3. The molecule has 6 aliphatic rings. The minimum Gasteiger partial charge on any atom is -0.465 e. The Bertz CT molecular complexity index is 1970. The number of thiazole rings is 1. The molecule has 336 valence electrons. The van der Waals surface area contributed by atoms with Crippen molar-refractivity contribution in [1.82, 2.24) is 19.5 Å². The first-order chi connectivity index (χ1) is 29.5. The van der Waals surface area contributed by atoms with Crippen molar-refractivity contribution in [3.63, 3.8) is 0 Å². The molecule has 4 N–H and O–H groups in total. The SMILES string of the molecule is C1CC2C(OC3COC4OCCC34)COC2O1.CC(C)CN(CC(O)C(Cc1ccccc1)NC(=O)O)S(=O)(=O)c1ccc2nc(NC3CCN(C4CCCC4)CC3)sc2c1. The van der Waals surface area contributed by atoms with Crippen LogP contribution in [-0.4, -0.2) is 141 Å². The fraction of sp³-hybridized carbons (Fsp3) is 0.682.